The van der Waals surface area contributed by atoms with Gasteiger partial charge in [-0.05, 0) is 24.3 Å². The van der Waals surface area contributed by atoms with E-state index >= 15 is 0 Å². The zero-order chi connectivity index (χ0) is 13.2. The molecule has 3 aromatic rings. The predicted molar refractivity (Wildman–Crippen MR) is 72.2 cm³/mol. The topological polar surface area (TPSA) is 66.2 Å². The summed E-state index contributed by atoms with van der Waals surface area (Å²) >= 11 is 0. The normalized spacial score (nSPS) is 11.1. The first-order valence-electron chi connectivity index (χ1n) is 5.92. The predicted octanol–water partition coefficient (Wildman–Crippen LogP) is 2.28. The molecule has 0 bridgehead atoms. The zero-order valence-corrected chi connectivity index (χ0v) is 10.1. The molecule has 0 amide bonds. The molecule has 0 saturated carbocycles. The molecule has 0 unspecified atom stereocenters. The van der Waals surface area contributed by atoms with Crippen LogP contribution in [0.4, 0.5) is 0 Å². The molecule has 0 aliphatic heterocycles. The molecule has 0 spiro atoms. The van der Waals surface area contributed by atoms with Crippen molar-refractivity contribution in [1.82, 2.24) is 9.97 Å². The molecule has 3 rings (SSSR count). The summed E-state index contributed by atoms with van der Waals surface area (Å²) in [6.07, 6.45) is 1.84. The Hall–Kier alpha value is -2.30. The molecule has 0 aliphatic carbocycles. The fourth-order valence-electron chi connectivity index (χ4n) is 2.09. The molecule has 1 aromatic carbocycles. The van der Waals surface area contributed by atoms with Gasteiger partial charge in [-0.1, -0.05) is 18.2 Å². The van der Waals surface area contributed by atoms with Crippen molar-refractivity contribution in [2.45, 2.75) is 6.29 Å². The van der Waals surface area contributed by atoms with Crippen LogP contribution in [-0.2, 0) is 0 Å². The molecule has 0 saturated heterocycles. The number of nitrogens with zero attached hydrogens (tertiary/aromatic N) is 2. The van der Waals surface area contributed by atoms with Crippen LogP contribution in [0.1, 0.15) is 11.9 Å². The second-order valence-electron chi connectivity index (χ2n) is 4.22. The third-order valence-electron chi connectivity index (χ3n) is 3.00. The summed E-state index contributed by atoms with van der Waals surface area (Å²) < 4.78 is 0. The maximum absolute atomic E-state index is 9.51. The molecule has 4 nitrogen and oxygen atoms in total. The lowest BCUT2D eigenvalue weighted by atomic mass is 10.0. The first-order valence-corrected chi connectivity index (χ1v) is 5.92. The minimum Gasteiger partial charge on any atom is -0.364 e. The maximum Gasteiger partial charge on any atom is 0.179 e. The number of aliphatic hydroxyl groups is 2. The molecule has 19 heavy (non-hydrogen) atoms. The molecule has 2 aromatic heterocycles. The van der Waals surface area contributed by atoms with Crippen molar-refractivity contribution in [1.29, 1.82) is 0 Å². The van der Waals surface area contributed by atoms with E-state index in [4.69, 9.17) is 0 Å². The Morgan fingerprint density at radius 1 is 0.947 bits per heavy atom. The van der Waals surface area contributed by atoms with Gasteiger partial charge in [-0.25, -0.2) is 4.98 Å². The summed E-state index contributed by atoms with van der Waals surface area (Å²) in [6.45, 7) is 0. The number of hydrogen-bond acceptors (Lipinski definition) is 4. The molecule has 2 N–H and O–H groups in total. The Morgan fingerprint density at radius 3 is 2.42 bits per heavy atom. The van der Waals surface area contributed by atoms with Gasteiger partial charge in [0.25, 0.3) is 0 Å². The molecule has 0 aliphatic rings. The van der Waals surface area contributed by atoms with E-state index in [9.17, 15) is 10.2 Å². The number of para-hydroxylation sites is 1. The largest absolute Gasteiger partial charge is 0.364 e. The fraction of sp³-hybridized carbons (Fsp3) is 0.0667. The Bertz CT molecular complexity index is 712. The monoisotopic (exact) mass is 252 g/mol. The Balaban J connectivity index is 2.28. The van der Waals surface area contributed by atoms with Gasteiger partial charge < -0.3 is 10.2 Å². The summed E-state index contributed by atoms with van der Waals surface area (Å²) in [7, 11) is 0. The molecule has 0 fully saturated rings. The summed E-state index contributed by atoms with van der Waals surface area (Å²) in [5.74, 6) is 0. The van der Waals surface area contributed by atoms with Crippen molar-refractivity contribution in [3.8, 4) is 11.3 Å². The van der Waals surface area contributed by atoms with Gasteiger partial charge in [0, 0.05) is 28.9 Å². The van der Waals surface area contributed by atoms with Crippen molar-refractivity contribution < 1.29 is 10.2 Å². The van der Waals surface area contributed by atoms with Crippen LogP contribution < -0.4 is 0 Å². The molecule has 0 atom stereocenters. The Kier molecular flexibility index (Phi) is 2.95. The van der Waals surface area contributed by atoms with Crippen molar-refractivity contribution in [3.63, 3.8) is 0 Å². The van der Waals surface area contributed by atoms with Gasteiger partial charge >= 0.3 is 0 Å². The second-order valence-corrected chi connectivity index (χ2v) is 4.22. The molecule has 2 heterocycles. The highest BCUT2D eigenvalue weighted by atomic mass is 16.5. The van der Waals surface area contributed by atoms with E-state index in [1.165, 1.54) is 0 Å². The van der Waals surface area contributed by atoms with Crippen LogP contribution in [0.15, 0.2) is 54.9 Å². The van der Waals surface area contributed by atoms with Crippen LogP contribution in [0.3, 0.4) is 0 Å². The van der Waals surface area contributed by atoms with E-state index in [1.54, 1.807) is 18.5 Å². The van der Waals surface area contributed by atoms with E-state index in [0.717, 1.165) is 16.5 Å². The molecule has 0 radical (unpaired) electrons. The van der Waals surface area contributed by atoms with Gasteiger partial charge in [0.2, 0.25) is 0 Å². The van der Waals surface area contributed by atoms with Crippen LogP contribution in [-0.4, -0.2) is 20.2 Å². The maximum atomic E-state index is 9.51. The first-order chi connectivity index (χ1) is 9.25. The van der Waals surface area contributed by atoms with E-state index in [2.05, 4.69) is 9.97 Å². The molecule has 4 heteroatoms. The van der Waals surface area contributed by atoms with Gasteiger partial charge in [-0.3, -0.25) is 4.98 Å². The number of hydrogen-bond donors (Lipinski definition) is 2. The van der Waals surface area contributed by atoms with E-state index < -0.39 is 6.29 Å². The van der Waals surface area contributed by atoms with Gasteiger partial charge in [0.05, 0.1) is 11.2 Å². The first kappa shape index (κ1) is 11.8. The van der Waals surface area contributed by atoms with E-state index in [0.29, 0.717) is 11.3 Å². The Morgan fingerprint density at radius 2 is 1.68 bits per heavy atom. The van der Waals surface area contributed by atoms with Crippen LogP contribution >= 0.6 is 0 Å². The number of aliphatic hydroxyl groups excluding tert-OH is 1. The zero-order valence-electron chi connectivity index (χ0n) is 10.1. The highest BCUT2D eigenvalue weighted by Crippen LogP contribution is 2.27. The molecular weight excluding hydrogens is 240 g/mol. The lowest BCUT2D eigenvalue weighted by Gasteiger charge is -2.11. The van der Waals surface area contributed by atoms with Gasteiger partial charge in [-0.15, -0.1) is 0 Å². The van der Waals surface area contributed by atoms with Crippen LogP contribution in [0.5, 0.6) is 0 Å². The highest BCUT2D eigenvalue weighted by molar-refractivity contribution is 5.85. The summed E-state index contributed by atoms with van der Waals surface area (Å²) in [5.41, 5.74) is 2.78. The van der Waals surface area contributed by atoms with Gasteiger partial charge in [-0.2, -0.15) is 0 Å². The summed E-state index contributed by atoms with van der Waals surface area (Å²) in [4.78, 5) is 8.50. The summed E-state index contributed by atoms with van der Waals surface area (Å²) in [6, 6.07) is 12.8. The average Bonchev–Trinajstić information content (AvgIpc) is 2.47. The lowest BCUT2D eigenvalue weighted by molar-refractivity contribution is -0.0413. The smallest absolute Gasteiger partial charge is 0.179 e. The number of fused-ring (bicyclic) bond motifs is 1. The number of aromatic nitrogens is 2. The quantitative estimate of drug-likeness (QED) is 0.687. The SMILES string of the molecule is OC(O)c1cc(-c2ccncc2)nc2ccccc12. The standard InChI is InChI=1S/C15H12N2O2/c18-15(19)12-9-14(10-5-7-16-8-6-10)17-13-4-2-1-3-11(12)13/h1-9,15,18-19H. The van der Waals surface area contributed by atoms with Crippen LogP contribution in [0.2, 0.25) is 0 Å². The number of pyridine rings is 2. The third-order valence-corrected chi connectivity index (χ3v) is 3.00. The number of rotatable bonds is 2. The van der Waals surface area contributed by atoms with Crippen molar-refractivity contribution in [2.24, 2.45) is 0 Å². The molecule has 94 valence electrons. The highest BCUT2D eigenvalue weighted by Gasteiger charge is 2.11. The summed E-state index contributed by atoms with van der Waals surface area (Å²) in [5, 5.41) is 19.8. The van der Waals surface area contributed by atoms with Crippen molar-refractivity contribution in [2.75, 3.05) is 0 Å². The Labute approximate surface area is 110 Å². The van der Waals surface area contributed by atoms with Gasteiger partial charge in [0.15, 0.2) is 6.29 Å². The minimum atomic E-state index is -1.52. The average molecular weight is 252 g/mol. The van der Waals surface area contributed by atoms with Crippen LogP contribution in [0, 0.1) is 0 Å². The lowest BCUT2D eigenvalue weighted by Crippen LogP contribution is -1.99. The van der Waals surface area contributed by atoms with Crippen LogP contribution in [0.25, 0.3) is 22.2 Å². The number of benzene rings is 1. The minimum absolute atomic E-state index is 0.456. The van der Waals surface area contributed by atoms with E-state index in [-0.39, 0.29) is 0 Å². The third kappa shape index (κ3) is 2.19. The van der Waals surface area contributed by atoms with Crippen molar-refractivity contribution >= 4 is 10.9 Å². The van der Waals surface area contributed by atoms with E-state index in [1.807, 2.05) is 36.4 Å². The molecular formula is C15H12N2O2. The second kappa shape index (κ2) is 4.76. The van der Waals surface area contributed by atoms with Crippen molar-refractivity contribution in [3.05, 3.63) is 60.4 Å². The van der Waals surface area contributed by atoms with Gasteiger partial charge in [0.1, 0.15) is 0 Å². The fourth-order valence-corrected chi connectivity index (χ4v) is 2.09.